The normalized spacial score (nSPS) is 31.7. The second-order valence-corrected chi connectivity index (χ2v) is 4.44. The molecule has 0 unspecified atom stereocenters. The molecule has 3 rings (SSSR count). The fraction of sp³-hybridized carbons (Fsp3) is 0.500. The zero-order valence-corrected chi connectivity index (χ0v) is 7.82. The van der Waals surface area contributed by atoms with Crippen LogP contribution in [0, 0.1) is 11.8 Å². The second-order valence-electron chi connectivity index (χ2n) is 4.44. The molecule has 0 amide bonds. The van der Waals surface area contributed by atoms with Crippen LogP contribution in [0.3, 0.4) is 0 Å². The molecule has 1 aromatic rings. The monoisotopic (exact) mass is 173 g/mol. The minimum Gasteiger partial charge on any atom is -0.299 e. The summed E-state index contributed by atoms with van der Waals surface area (Å²) >= 11 is 0. The molecule has 1 saturated heterocycles. The molecule has 2 fully saturated rings. The number of piperidine rings is 1. The van der Waals surface area contributed by atoms with Crippen molar-refractivity contribution in [3.63, 3.8) is 0 Å². The molecule has 13 heavy (non-hydrogen) atoms. The van der Waals surface area contributed by atoms with Crippen LogP contribution in [0.25, 0.3) is 0 Å². The van der Waals surface area contributed by atoms with Crippen LogP contribution in [0.5, 0.6) is 0 Å². The molecule has 1 aliphatic heterocycles. The van der Waals surface area contributed by atoms with Gasteiger partial charge in [-0.05, 0) is 23.8 Å². The summed E-state index contributed by atoms with van der Waals surface area (Å²) in [5.74, 6) is 2.12. The lowest BCUT2D eigenvalue weighted by Crippen LogP contribution is -2.21. The van der Waals surface area contributed by atoms with Crippen molar-refractivity contribution in [3.05, 3.63) is 35.9 Å². The first kappa shape index (κ1) is 7.57. The second kappa shape index (κ2) is 2.85. The van der Waals surface area contributed by atoms with Crippen LogP contribution >= 0.6 is 0 Å². The molecule has 0 spiro atoms. The average molecular weight is 173 g/mol. The van der Waals surface area contributed by atoms with Gasteiger partial charge >= 0.3 is 0 Å². The van der Waals surface area contributed by atoms with Gasteiger partial charge in [-0.15, -0.1) is 0 Å². The Morgan fingerprint density at radius 2 is 1.77 bits per heavy atom. The summed E-state index contributed by atoms with van der Waals surface area (Å²) < 4.78 is 0. The number of benzene rings is 1. The predicted molar refractivity (Wildman–Crippen MR) is 53.3 cm³/mol. The zero-order valence-electron chi connectivity index (χ0n) is 7.82. The van der Waals surface area contributed by atoms with Gasteiger partial charge in [-0.3, -0.25) is 4.90 Å². The molecule has 1 heterocycles. The molecular weight excluding hydrogens is 158 g/mol. The van der Waals surface area contributed by atoms with Gasteiger partial charge in [0.05, 0.1) is 0 Å². The maximum atomic E-state index is 2.59. The van der Waals surface area contributed by atoms with E-state index in [1.807, 2.05) is 0 Å². The standard InChI is InChI=1S/C12H15N/c1-2-4-10(5-3-1)7-13-8-11-6-12(11)9-13/h1-5,11-12H,6-9H2/t11-,12-/m0/s1. The van der Waals surface area contributed by atoms with Gasteiger partial charge < -0.3 is 0 Å². The highest BCUT2D eigenvalue weighted by Gasteiger charge is 2.44. The van der Waals surface area contributed by atoms with Crippen molar-refractivity contribution in [2.75, 3.05) is 13.1 Å². The highest BCUT2D eigenvalue weighted by molar-refractivity contribution is 5.15. The van der Waals surface area contributed by atoms with Gasteiger partial charge in [0.2, 0.25) is 0 Å². The molecular formula is C12H15N. The average Bonchev–Trinajstić information content (AvgIpc) is 2.76. The van der Waals surface area contributed by atoms with E-state index in [9.17, 15) is 0 Å². The van der Waals surface area contributed by atoms with E-state index < -0.39 is 0 Å². The van der Waals surface area contributed by atoms with Crippen LogP contribution in [0.15, 0.2) is 30.3 Å². The fourth-order valence-electron chi connectivity index (χ4n) is 2.47. The summed E-state index contributed by atoms with van der Waals surface area (Å²) in [4.78, 5) is 2.59. The van der Waals surface area contributed by atoms with E-state index in [2.05, 4.69) is 35.2 Å². The summed E-state index contributed by atoms with van der Waals surface area (Å²) in [5.41, 5.74) is 1.46. The summed E-state index contributed by atoms with van der Waals surface area (Å²) in [6, 6.07) is 10.8. The number of fused-ring (bicyclic) bond motifs is 1. The summed E-state index contributed by atoms with van der Waals surface area (Å²) in [5, 5.41) is 0. The fourth-order valence-corrected chi connectivity index (χ4v) is 2.47. The molecule has 2 atom stereocenters. The first-order chi connectivity index (χ1) is 6.42. The van der Waals surface area contributed by atoms with Gasteiger partial charge in [-0.2, -0.15) is 0 Å². The lowest BCUT2D eigenvalue weighted by Gasteiger charge is -2.16. The van der Waals surface area contributed by atoms with Crippen molar-refractivity contribution in [1.29, 1.82) is 0 Å². The Balaban J connectivity index is 1.63. The third-order valence-corrected chi connectivity index (χ3v) is 3.30. The maximum Gasteiger partial charge on any atom is 0.0233 e. The van der Waals surface area contributed by atoms with Crippen LogP contribution in [0.2, 0.25) is 0 Å². The van der Waals surface area contributed by atoms with E-state index in [0.29, 0.717) is 0 Å². The predicted octanol–water partition coefficient (Wildman–Crippen LogP) is 2.14. The third kappa shape index (κ3) is 1.49. The molecule has 1 nitrogen and oxygen atoms in total. The highest BCUT2D eigenvalue weighted by atomic mass is 15.2. The van der Waals surface area contributed by atoms with Crippen molar-refractivity contribution in [2.24, 2.45) is 11.8 Å². The Labute approximate surface area is 79.4 Å². The minimum absolute atomic E-state index is 1.06. The Kier molecular flexibility index (Phi) is 1.66. The lowest BCUT2D eigenvalue weighted by molar-refractivity contribution is 0.297. The van der Waals surface area contributed by atoms with Gasteiger partial charge in [0.15, 0.2) is 0 Å². The molecule has 1 aliphatic carbocycles. The highest BCUT2D eigenvalue weighted by Crippen LogP contribution is 2.45. The van der Waals surface area contributed by atoms with E-state index >= 15 is 0 Å². The number of nitrogens with zero attached hydrogens (tertiary/aromatic N) is 1. The van der Waals surface area contributed by atoms with E-state index in [0.717, 1.165) is 18.4 Å². The van der Waals surface area contributed by atoms with E-state index in [1.54, 1.807) is 0 Å². The van der Waals surface area contributed by atoms with Crippen LogP contribution in [-0.2, 0) is 6.54 Å². The molecule has 0 radical (unpaired) electrons. The van der Waals surface area contributed by atoms with Crippen molar-refractivity contribution in [3.8, 4) is 0 Å². The smallest absolute Gasteiger partial charge is 0.0233 e. The van der Waals surface area contributed by atoms with Gasteiger partial charge in [-0.1, -0.05) is 30.3 Å². The largest absolute Gasteiger partial charge is 0.299 e. The first-order valence-electron chi connectivity index (χ1n) is 5.18. The molecule has 2 aliphatic rings. The van der Waals surface area contributed by atoms with Crippen molar-refractivity contribution in [1.82, 2.24) is 4.90 Å². The van der Waals surface area contributed by atoms with Gasteiger partial charge in [0, 0.05) is 19.6 Å². The molecule has 0 bridgehead atoms. The first-order valence-corrected chi connectivity index (χ1v) is 5.18. The number of hydrogen-bond acceptors (Lipinski definition) is 1. The summed E-state index contributed by atoms with van der Waals surface area (Å²) in [6.07, 6.45) is 1.51. The quantitative estimate of drug-likeness (QED) is 0.662. The van der Waals surface area contributed by atoms with Crippen molar-refractivity contribution < 1.29 is 0 Å². The van der Waals surface area contributed by atoms with Gasteiger partial charge in [0.25, 0.3) is 0 Å². The topological polar surface area (TPSA) is 3.24 Å². The molecule has 1 heteroatoms. The van der Waals surface area contributed by atoms with E-state index in [4.69, 9.17) is 0 Å². The minimum atomic E-state index is 1.06. The Morgan fingerprint density at radius 3 is 2.46 bits per heavy atom. The lowest BCUT2D eigenvalue weighted by atomic mass is 10.2. The van der Waals surface area contributed by atoms with Crippen molar-refractivity contribution in [2.45, 2.75) is 13.0 Å². The molecule has 1 aromatic carbocycles. The number of rotatable bonds is 2. The molecule has 1 saturated carbocycles. The molecule has 68 valence electrons. The van der Waals surface area contributed by atoms with Crippen molar-refractivity contribution >= 4 is 0 Å². The van der Waals surface area contributed by atoms with Crippen LogP contribution in [0.4, 0.5) is 0 Å². The molecule has 0 N–H and O–H groups in total. The summed E-state index contributed by atoms with van der Waals surface area (Å²) in [7, 11) is 0. The van der Waals surface area contributed by atoms with E-state index in [-0.39, 0.29) is 0 Å². The van der Waals surface area contributed by atoms with E-state index in [1.165, 1.54) is 25.1 Å². The van der Waals surface area contributed by atoms with Gasteiger partial charge in [-0.25, -0.2) is 0 Å². The Morgan fingerprint density at radius 1 is 1.08 bits per heavy atom. The van der Waals surface area contributed by atoms with Crippen LogP contribution in [0.1, 0.15) is 12.0 Å². The number of likely N-dealkylation sites (tertiary alicyclic amines) is 1. The summed E-state index contributed by atoms with van der Waals surface area (Å²) in [6.45, 7) is 3.85. The van der Waals surface area contributed by atoms with Crippen LogP contribution < -0.4 is 0 Å². The molecule has 0 aromatic heterocycles. The van der Waals surface area contributed by atoms with Gasteiger partial charge in [0.1, 0.15) is 0 Å². The zero-order chi connectivity index (χ0) is 8.67. The Hall–Kier alpha value is -0.820. The Bertz CT molecular complexity index is 283. The SMILES string of the molecule is c1ccc(CN2C[C@@H]3C[C@H]3C2)cc1. The maximum absolute atomic E-state index is 2.59. The van der Waals surface area contributed by atoms with Crippen LogP contribution in [-0.4, -0.2) is 18.0 Å². The number of hydrogen-bond donors (Lipinski definition) is 0. The third-order valence-electron chi connectivity index (χ3n) is 3.30.